The van der Waals surface area contributed by atoms with Crippen LogP contribution in [0.5, 0.6) is 0 Å². The number of halogens is 1. The van der Waals surface area contributed by atoms with Gasteiger partial charge in [0.25, 0.3) is 0 Å². The third-order valence-corrected chi connectivity index (χ3v) is 5.75. The zero-order chi connectivity index (χ0) is 25.3. The fourth-order valence-corrected chi connectivity index (χ4v) is 3.55. The van der Waals surface area contributed by atoms with Gasteiger partial charge in [-0.2, -0.15) is 10.4 Å². The zero-order valence-corrected chi connectivity index (χ0v) is 19.7. The molecular weight excluding hydrogens is 455 g/mol. The number of nitrogens with zero attached hydrogens (tertiary/aromatic N) is 5. The van der Waals surface area contributed by atoms with Crippen molar-refractivity contribution >= 4 is 23.5 Å². The average Bonchev–Trinajstić information content (AvgIpc) is 3.32. The lowest BCUT2D eigenvalue weighted by Crippen LogP contribution is -2.32. The molecule has 2 aliphatic rings. The normalized spacial score (nSPS) is 15.8. The fourth-order valence-electron chi connectivity index (χ4n) is 3.55. The van der Waals surface area contributed by atoms with Crippen LogP contribution in [0.15, 0.2) is 24.7 Å². The van der Waals surface area contributed by atoms with Crippen LogP contribution in [0.25, 0.3) is 5.65 Å². The van der Waals surface area contributed by atoms with Crippen molar-refractivity contribution in [3.63, 3.8) is 0 Å². The van der Waals surface area contributed by atoms with Gasteiger partial charge in [0.05, 0.1) is 11.9 Å². The van der Waals surface area contributed by atoms with Crippen molar-refractivity contribution in [3.8, 4) is 6.07 Å². The Balaban J connectivity index is 0.000000199. The van der Waals surface area contributed by atoms with Crippen LogP contribution in [0.2, 0.25) is 0 Å². The number of amides is 1. The van der Waals surface area contributed by atoms with Crippen LogP contribution in [0.3, 0.4) is 0 Å². The predicted molar refractivity (Wildman–Crippen MR) is 127 cm³/mol. The number of hydrogen-bond donors (Lipinski definition) is 5. The maximum atomic E-state index is 11.9. The van der Waals surface area contributed by atoms with E-state index >= 15 is 0 Å². The molecule has 0 radical (unpaired) electrons. The second kappa shape index (κ2) is 12.1. The van der Waals surface area contributed by atoms with Gasteiger partial charge in [-0.15, -0.1) is 0 Å². The number of carboxylic acid groups (broad SMARTS) is 1. The summed E-state index contributed by atoms with van der Waals surface area (Å²) in [6.45, 7) is 1.95. The Morgan fingerprint density at radius 2 is 2.11 bits per heavy atom. The summed E-state index contributed by atoms with van der Waals surface area (Å²) in [5.74, 6) is 1.23. The number of fused-ring (bicyclic) bond motifs is 1. The smallest absolute Gasteiger partial charge is 0.405 e. The van der Waals surface area contributed by atoms with Crippen molar-refractivity contribution in [2.75, 3.05) is 11.9 Å². The topological polar surface area (TPSA) is 164 Å². The first-order valence-corrected chi connectivity index (χ1v) is 11.6. The first kappa shape index (κ1) is 25.9. The molecule has 0 aliphatic heterocycles. The first-order valence-electron chi connectivity index (χ1n) is 11.6. The summed E-state index contributed by atoms with van der Waals surface area (Å²) in [4.78, 5) is 18.7. The maximum Gasteiger partial charge on any atom is 0.405 e. The molecule has 0 atom stereocenters. The number of H-pyrrole nitrogens is 1. The number of aliphatic hydroxyl groups excluding tert-OH is 1. The van der Waals surface area contributed by atoms with E-state index in [1.165, 1.54) is 0 Å². The Morgan fingerprint density at radius 3 is 2.60 bits per heavy atom. The predicted octanol–water partition coefficient (Wildman–Crippen LogP) is 3.70. The van der Waals surface area contributed by atoms with Crippen molar-refractivity contribution in [1.82, 2.24) is 29.9 Å². The summed E-state index contributed by atoms with van der Waals surface area (Å²) in [5.41, 5.74) is 1.52. The quantitative estimate of drug-likeness (QED) is 0.352. The molecule has 12 heteroatoms. The van der Waals surface area contributed by atoms with E-state index in [4.69, 9.17) is 10.2 Å². The summed E-state index contributed by atoms with van der Waals surface area (Å²) in [5, 5.41) is 38.7. The Morgan fingerprint density at radius 1 is 1.37 bits per heavy atom. The summed E-state index contributed by atoms with van der Waals surface area (Å²) < 4.78 is 13.6. The molecule has 188 valence electrons. The Labute approximate surface area is 202 Å². The molecule has 5 N–H and O–H groups in total. The van der Waals surface area contributed by atoms with Crippen LogP contribution in [0, 0.1) is 11.3 Å². The number of aromatic amines is 1. The minimum atomic E-state index is -0.912. The van der Waals surface area contributed by atoms with Crippen LogP contribution in [-0.4, -0.2) is 59.2 Å². The Hall–Kier alpha value is -3.72. The van der Waals surface area contributed by atoms with Gasteiger partial charge in [0.15, 0.2) is 5.65 Å². The number of carbonyl (C=O) groups is 1. The molecule has 3 aromatic rings. The van der Waals surface area contributed by atoms with E-state index < -0.39 is 12.3 Å². The number of aryl methyl sites for hydroxylation is 1. The first-order chi connectivity index (χ1) is 16.8. The number of nitriles is 1. The molecule has 5 rings (SSSR count). The van der Waals surface area contributed by atoms with Crippen molar-refractivity contribution in [1.29, 1.82) is 5.26 Å². The molecule has 35 heavy (non-hydrogen) atoms. The van der Waals surface area contributed by atoms with E-state index in [0.717, 1.165) is 38.5 Å². The highest BCUT2D eigenvalue weighted by Gasteiger charge is 2.38. The Kier molecular flexibility index (Phi) is 8.97. The second-order valence-electron chi connectivity index (χ2n) is 8.78. The standard InChI is InChI=1S/C13H13N7O.C5H9F.C5H9NO2/c14-8-9-10(2-1-7-21)17-13(18-11-3-4-16-19-11)20-6-5-15-12(9)20;6-5-3-1-2-4-5;1-5(2-3-5)6-4(7)8/h3-6,21H,1-2,7H2,(H2,16,17,18,19);5H,1-4H2;6H,2-3H2,1H3,(H,7,8). The number of imidazole rings is 1. The third-order valence-electron chi connectivity index (χ3n) is 5.75. The molecule has 0 bridgehead atoms. The summed E-state index contributed by atoms with van der Waals surface area (Å²) >= 11 is 0. The van der Waals surface area contributed by atoms with E-state index in [0.29, 0.717) is 41.5 Å². The van der Waals surface area contributed by atoms with E-state index in [1.807, 2.05) is 6.92 Å². The molecule has 3 heterocycles. The van der Waals surface area contributed by atoms with Gasteiger partial charge in [-0.25, -0.2) is 19.2 Å². The van der Waals surface area contributed by atoms with Crippen LogP contribution in [0.4, 0.5) is 21.0 Å². The fraction of sp³-hybridized carbons (Fsp3) is 0.522. The number of aromatic nitrogens is 5. The van der Waals surface area contributed by atoms with E-state index in [1.54, 1.807) is 29.1 Å². The molecular formula is C23H31FN8O3. The highest BCUT2D eigenvalue weighted by atomic mass is 19.1. The largest absolute Gasteiger partial charge is 0.465 e. The average molecular weight is 487 g/mol. The van der Waals surface area contributed by atoms with Crippen LogP contribution in [-0.2, 0) is 6.42 Å². The minimum absolute atomic E-state index is 0.0511. The van der Waals surface area contributed by atoms with E-state index in [-0.39, 0.29) is 12.1 Å². The second-order valence-corrected chi connectivity index (χ2v) is 8.78. The SMILES string of the molecule is CC1(NC(=O)O)CC1.FC1CCCC1.N#Cc1c(CCCO)nc(Nc2ccn[nH]2)n2ccnc12. The Bertz CT molecular complexity index is 1130. The molecule has 0 saturated heterocycles. The summed E-state index contributed by atoms with van der Waals surface area (Å²) in [6, 6.07) is 3.92. The molecule has 2 aliphatic carbocycles. The van der Waals surface area contributed by atoms with Gasteiger partial charge in [0.2, 0.25) is 5.95 Å². The van der Waals surface area contributed by atoms with Gasteiger partial charge in [-0.3, -0.25) is 9.50 Å². The van der Waals surface area contributed by atoms with Crippen LogP contribution < -0.4 is 10.6 Å². The molecule has 2 fully saturated rings. The lowest BCUT2D eigenvalue weighted by atomic mass is 10.1. The number of nitrogens with one attached hydrogen (secondary N) is 3. The molecule has 0 aromatic carbocycles. The summed E-state index contributed by atoms with van der Waals surface area (Å²) in [6.07, 6.45) is 10.5. The van der Waals surface area contributed by atoms with Gasteiger partial charge < -0.3 is 20.8 Å². The van der Waals surface area contributed by atoms with Gasteiger partial charge in [0, 0.05) is 30.6 Å². The monoisotopic (exact) mass is 486 g/mol. The van der Waals surface area contributed by atoms with Crippen LogP contribution in [0.1, 0.15) is 63.1 Å². The molecule has 0 unspecified atom stereocenters. The van der Waals surface area contributed by atoms with Gasteiger partial charge in [-0.1, -0.05) is 12.8 Å². The van der Waals surface area contributed by atoms with Crippen molar-refractivity contribution in [2.24, 2.45) is 0 Å². The van der Waals surface area contributed by atoms with Crippen LogP contribution >= 0.6 is 0 Å². The lowest BCUT2D eigenvalue weighted by molar-refractivity contribution is 0.189. The van der Waals surface area contributed by atoms with Crippen molar-refractivity contribution in [3.05, 3.63) is 35.9 Å². The van der Waals surface area contributed by atoms with Crippen molar-refractivity contribution in [2.45, 2.75) is 70.0 Å². The molecule has 2 saturated carbocycles. The number of anilines is 2. The van der Waals surface area contributed by atoms with Gasteiger partial charge in [0.1, 0.15) is 23.6 Å². The zero-order valence-electron chi connectivity index (χ0n) is 19.7. The van der Waals surface area contributed by atoms with Gasteiger partial charge >= 0.3 is 6.09 Å². The minimum Gasteiger partial charge on any atom is -0.465 e. The maximum absolute atomic E-state index is 11.9. The summed E-state index contributed by atoms with van der Waals surface area (Å²) in [7, 11) is 0. The number of aliphatic hydroxyl groups is 1. The number of rotatable bonds is 6. The molecule has 0 spiro atoms. The third kappa shape index (κ3) is 7.65. The molecule has 11 nitrogen and oxygen atoms in total. The van der Waals surface area contributed by atoms with Gasteiger partial charge in [-0.05, 0) is 45.4 Å². The van der Waals surface area contributed by atoms with E-state index in [2.05, 4.69) is 36.9 Å². The number of hydrogen-bond acceptors (Lipinski definition) is 7. The highest BCUT2D eigenvalue weighted by molar-refractivity contribution is 5.66. The highest BCUT2D eigenvalue weighted by Crippen LogP contribution is 2.33. The molecule has 3 aromatic heterocycles. The molecule has 1 amide bonds. The van der Waals surface area contributed by atoms with E-state index in [9.17, 15) is 14.4 Å². The number of alkyl halides is 1. The van der Waals surface area contributed by atoms with Crippen molar-refractivity contribution < 1.29 is 19.4 Å². The lowest BCUT2D eigenvalue weighted by Gasteiger charge is -2.10.